The van der Waals surface area contributed by atoms with Crippen LogP contribution in [0.15, 0.2) is 12.2 Å². The summed E-state index contributed by atoms with van der Waals surface area (Å²) in [6, 6.07) is 0. The Labute approximate surface area is 103 Å². The fraction of sp³-hybridized carbons (Fsp3) is 0.300. The van der Waals surface area contributed by atoms with Crippen LogP contribution < -0.4 is 11.1 Å². The molecule has 97 valence electrons. The van der Waals surface area contributed by atoms with Crippen LogP contribution in [0.1, 0.15) is 12.8 Å². The molecule has 1 unspecified atom stereocenters. The van der Waals surface area contributed by atoms with E-state index in [0.29, 0.717) is 0 Å². The summed E-state index contributed by atoms with van der Waals surface area (Å²) in [5.74, 6) is -3.13. The number of nitrogens with zero attached hydrogens (tertiary/aromatic N) is 1. The Morgan fingerprint density at radius 3 is 2.33 bits per heavy atom. The molecule has 1 radical (unpaired) electrons. The first-order valence-corrected chi connectivity index (χ1v) is 5.02. The van der Waals surface area contributed by atoms with Gasteiger partial charge in [-0.05, 0) is 13.3 Å². The Morgan fingerprint density at radius 2 is 2.00 bits per heavy atom. The molecule has 0 spiro atoms. The molecule has 1 aliphatic heterocycles. The number of nitrogens with one attached hydrogen (secondary N) is 2. The number of aliphatic carboxylic acids is 1. The third kappa shape index (κ3) is 2.47. The van der Waals surface area contributed by atoms with Crippen LogP contribution in [-0.2, 0) is 14.4 Å². The molecule has 5 N–H and O–H groups in total. The predicted octanol–water partition coefficient (Wildman–Crippen LogP) is -1.21. The Kier molecular flexibility index (Phi) is 3.70. The van der Waals surface area contributed by atoms with Crippen LogP contribution in [0, 0.1) is 12.3 Å². The molecule has 8 nitrogen and oxygen atoms in total. The largest absolute Gasteiger partial charge is 0.481 e. The summed E-state index contributed by atoms with van der Waals surface area (Å²) >= 11 is 0. The van der Waals surface area contributed by atoms with Crippen molar-refractivity contribution in [3.63, 3.8) is 0 Å². The van der Waals surface area contributed by atoms with Crippen molar-refractivity contribution in [2.45, 2.75) is 18.5 Å². The van der Waals surface area contributed by atoms with Gasteiger partial charge < -0.3 is 16.2 Å². The lowest BCUT2D eigenvalue weighted by Crippen LogP contribution is -2.64. The number of imide groups is 1. The highest BCUT2D eigenvalue weighted by Gasteiger charge is 2.45. The van der Waals surface area contributed by atoms with Gasteiger partial charge in [-0.25, -0.2) is 0 Å². The number of nitrogens with two attached hydrogens (primary N) is 1. The van der Waals surface area contributed by atoms with E-state index in [2.05, 4.69) is 12.2 Å². The first-order chi connectivity index (χ1) is 8.32. The van der Waals surface area contributed by atoms with Gasteiger partial charge in [0.25, 0.3) is 11.8 Å². The Morgan fingerprint density at radius 1 is 1.50 bits per heavy atom. The summed E-state index contributed by atoms with van der Waals surface area (Å²) in [6.45, 7) is 3.53. The standard InChI is InChI=1S/C10H13N4O4/c1-2-10(5-8(17)18,13-9(11)12)14-6(15)3-4-7(14)16/h3-4H,1-2,5H2,(H,17,18)(H4,11,12,13). The summed E-state index contributed by atoms with van der Waals surface area (Å²) in [6.07, 6.45) is 1.31. The molecule has 0 aromatic heterocycles. The second kappa shape index (κ2) is 4.86. The smallest absolute Gasteiger partial charge is 0.307 e. The summed E-state index contributed by atoms with van der Waals surface area (Å²) in [5, 5.41) is 18.4. The number of guanidine groups is 1. The van der Waals surface area contributed by atoms with E-state index in [1.54, 1.807) is 0 Å². The normalized spacial score (nSPS) is 17.7. The molecule has 0 saturated carbocycles. The quantitative estimate of drug-likeness (QED) is 0.275. The van der Waals surface area contributed by atoms with Gasteiger partial charge in [0.2, 0.25) is 0 Å². The SMILES string of the molecule is [CH2]CC(CC(=O)O)(NC(=N)N)N1C(=O)C=CC1=O. The molecule has 0 aromatic carbocycles. The minimum atomic E-state index is -1.63. The van der Waals surface area contributed by atoms with Crippen molar-refractivity contribution < 1.29 is 19.5 Å². The van der Waals surface area contributed by atoms with Gasteiger partial charge in [0.05, 0.1) is 6.42 Å². The highest BCUT2D eigenvalue weighted by Crippen LogP contribution is 2.24. The van der Waals surface area contributed by atoms with Crippen molar-refractivity contribution in [1.82, 2.24) is 10.2 Å². The van der Waals surface area contributed by atoms with Crippen LogP contribution in [0.25, 0.3) is 0 Å². The van der Waals surface area contributed by atoms with Gasteiger partial charge in [0, 0.05) is 12.2 Å². The van der Waals surface area contributed by atoms with E-state index in [1.807, 2.05) is 0 Å². The highest BCUT2D eigenvalue weighted by molar-refractivity contribution is 6.13. The number of carbonyl (C=O) groups excluding carboxylic acids is 2. The van der Waals surface area contributed by atoms with E-state index in [0.717, 1.165) is 17.1 Å². The van der Waals surface area contributed by atoms with E-state index in [1.165, 1.54) is 0 Å². The fourth-order valence-corrected chi connectivity index (χ4v) is 1.76. The Hall–Kier alpha value is -2.38. The van der Waals surface area contributed by atoms with Gasteiger partial charge in [-0.15, -0.1) is 0 Å². The first kappa shape index (κ1) is 13.7. The van der Waals surface area contributed by atoms with Crippen molar-refractivity contribution >= 4 is 23.7 Å². The lowest BCUT2D eigenvalue weighted by Gasteiger charge is -2.39. The van der Waals surface area contributed by atoms with Crippen molar-refractivity contribution in [2.24, 2.45) is 5.73 Å². The minimum Gasteiger partial charge on any atom is -0.481 e. The summed E-state index contributed by atoms with van der Waals surface area (Å²) in [5.41, 5.74) is 3.54. The van der Waals surface area contributed by atoms with Gasteiger partial charge in [0.1, 0.15) is 5.66 Å². The Balaban J connectivity index is 3.16. The molecule has 2 amide bonds. The number of hydrogen-bond acceptors (Lipinski definition) is 4. The zero-order valence-electron chi connectivity index (χ0n) is 9.47. The molecule has 18 heavy (non-hydrogen) atoms. The fourth-order valence-electron chi connectivity index (χ4n) is 1.76. The average Bonchev–Trinajstić information content (AvgIpc) is 2.56. The molecule has 1 atom stereocenters. The van der Waals surface area contributed by atoms with Gasteiger partial charge in [0.15, 0.2) is 5.96 Å². The van der Waals surface area contributed by atoms with Gasteiger partial charge in [-0.3, -0.25) is 24.7 Å². The third-order valence-corrected chi connectivity index (χ3v) is 2.46. The zero-order valence-corrected chi connectivity index (χ0v) is 9.47. The van der Waals surface area contributed by atoms with E-state index >= 15 is 0 Å². The minimum absolute atomic E-state index is 0.141. The first-order valence-electron chi connectivity index (χ1n) is 5.02. The molecule has 0 saturated heterocycles. The third-order valence-electron chi connectivity index (χ3n) is 2.46. The summed E-state index contributed by atoms with van der Waals surface area (Å²) in [4.78, 5) is 34.8. The summed E-state index contributed by atoms with van der Waals surface area (Å²) in [7, 11) is 0. The maximum Gasteiger partial charge on any atom is 0.307 e. The number of hydrogen-bond donors (Lipinski definition) is 4. The van der Waals surface area contributed by atoms with Crippen molar-refractivity contribution in [2.75, 3.05) is 0 Å². The zero-order chi connectivity index (χ0) is 13.9. The molecule has 0 fully saturated rings. The number of carboxylic acids is 1. The van der Waals surface area contributed by atoms with Gasteiger partial charge >= 0.3 is 5.97 Å². The van der Waals surface area contributed by atoms with Crippen LogP contribution in [0.2, 0.25) is 0 Å². The molecule has 1 heterocycles. The van der Waals surface area contributed by atoms with E-state index in [9.17, 15) is 14.4 Å². The second-order valence-electron chi connectivity index (χ2n) is 3.74. The number of rotatable bonds is 5. The number of carbonyl (C=O) groups is 3. The second-order valence-corrected chi connectivity index (χ2v) is 3.74. The van der Waals surface area contributed by atoms with Crippen LogP contribution >= 0.6 is 0 Å². The van der Waals surface area contributed by atoms with Gasteiger partial charge in [-0.2, -0.15) is 0 Å². The monoisotopic (exact) mass is 253 g/mol. The number of carboxylic acid groups (broad SMARTS) is 1. The van der Waals surface area contributed by atoms with Crippen LogP contribution in [0.5, 0.6) is 0 Å². The maximum atomic E-state index is 11.6. The molecule has 1 rings (SSSR count). The van der Waals surface area contributed by atoms with E-state index in [-0.39, 0.29) is 6.42 Å². The van der Waals surface area contributed by atoms with Crippen molar-refractivity contribution in [1.29, 1.82) is 5.41 Å². The number of amides is 2. The Bertz CT molecular complexity index is 409. The maximum absolute atomic E-state index is 11.6. The highest BCUT2D eigenvalue weighted by atomic mass is 16.4. The molecular formula is C10H13N4O4. The van der Waals surface area contributed by atoms with E-state index < -0.39 is 35.8 Å². The molecule has 0 bridgehead atoms. The topological polar surface area (TPSA) is 137 Å². The molecule has 0 aliphatic carbocycles. The lowest BCUT2D eigenvalue weighted by molar-refractivity contribution is -0.149. The lowest BCUT2D eigenvalue weighted by atomic mass is 10.00. The predicted molar refractivity (Wildman–Crippen MR) is 61.0 cm³/mol. The van der Waals surface area contributed by atoms with Crippen molar-refractivity contribution in [3.05, 3.63) is 19.1 Å². The molecule has 1 aliphatic rings. The van der Waals surface area contributed by atoms with Crippen LogP contribution in [0.4, 0.5) is 0 Å². The average molecular weight is 253 g/mol. The van der Waals surface area contributed by atoms with E-state index in [4.69, 9.17) is 16.2 Å². The van der Waals surface area contributed by atoms with Crippen LogP contribution in [-0.4, -0.2) is 39.4 Å². The molecule has 0 aromatic rings. The summed E-state index contributed by atoms with van der Waals surface area (Å²) < 4.78 is 0. The van der Waals surface area contributed by atoms with Crippen molar-refractivity contribution in [3.8, 4) is 0 Å². The van der Waals surface area contributed by atoms with Gasteiger partial charge in [-0.1, -0.05) is 0 Å². The molecular weight excluding hydrogens is 240 g/mol. The van der Waals surface area contributed by atoms with Crippen LogP contribution in [0.3, 0.4) is 0 Å². The molecule has 8 heteroatoms.